The van der Waals surface area contributed by atoms with Gasteiger partial charge in [-0.2, -0.15) is 0 Å². The molecule has 1 aliphatic heterocycles. The van der Waals surface area contributed by atoms with Crippen LogP contribution < -0.4 is 20.4 Å². The first-order valence-corrected chi connectivity index (χ1v) is 9.17. The van der Waals surface area contributed by atoms with Crippen LogP contribution in [0.25, 0.3) is 0 Å². The standard InChI is InChI=1S/C18H25F3N4O2/c1-3-25-8-6-12(7-9-25)22-15(26)10-24(2)11-16(27)23-14-5-4-13(19)17(20)18(14)21/h4-5,12H,3,6-11H2,1-2H3,(H,22,26)(H,23,27)/p+2. The minimum absolute atomic E-state index is 0.0918. The molecule has 0 bridgehead atoms. The average Bonchev–Trinajstić information content (AvgIpc) is 2.62. The van der Waals surface area contributed by atoms with Crippen LogP contribution in [0, 0.1) is 17.5 Å². The van der Waals surface area contributed by atoms with E-state index in [2.05, 4.69) is 17.6 Å². The van der Waals surface area contributed by atoms with Crippen molar-refractivity contribution in [3.63, 3.8) is 0 Å². The first-order valence-electron chi connectivity index (χ1n) is 9.17. The quantitative estimate of drug-likeness (QED) is 0.441. The normalized spacial score (nSPS) is 20.8. The van der Waals surface area contributed by atoms with Gasteiger partial charge < -0.3 is 20.4 Å². The van der Waals surface area contributed by atoms with Crippen LogP contribution in [0.2, 0.25) is 0 Å². The first kappa shape index (κ1) is 21.2. The van der Waals surface area contributed by atoms with Crippen LogP contribution in [0.5, 0.6) is 0 Å². The van der Waals surface area contributed by atoms with E-state index >= 15 is 0 Å². The van der Waals surface area contributed by atoms with Gasteiger partial charge in [0.2, 0.25) is 0 Å². The van der Waals surface area contributed by atoms with Crippen LogP contribution in [-0.2, 0) is 9.59 Å². The molecule has 1 aromatic carbocycles. The maximum Gasteiger partial charge on any atom is 0.279 e. The molecule has 0 aliphatic carbocycles. The Hall–Kier alpha value is -2.13. The van der Waals surface area contributed by atoms with E-state index in [0.717, 1.165) is 44.6 Å². The van der Waals surface area contributed by atoms with Crippen LogP contribution in [0.1, 0.15) is 19.8 Å². The molecule has 1 fully saturated rings. The van der Waals surface area contributed by atoms with Gasteiger partial charge in [-0.3, -0.25) is 9.59 Å². The molecule has 150 valence electrons. The second-order valence-corrected chi connectivity index (χ2v) is 7.03. The van der Waals surface area contributed by atoms with Gasteiger partial charge >= 0.3 is 0 Å². The number of benzene rings is 1. The van der Waals surface area contributed by atoms with Gasteiger partial charge in [0, 0.05) is 18.9 Å². The maximum atomic E-state index is 13.6. The molecular weight excluding hydrogens is 361 g/mol. The molecule has 0 saturated carbocycles. The molecular formula is C18H27F3N4O2+2. The molecule has 1 unspecified atom stereocenters. The van der Waals surface area contributed by atoms with Crippen LogP contribution >= 0.6 is 0 Å². The Morgan fingerprint density at radius 1 is 1.11 bits per heavy atom. The van der Waals surface area contributed by atoms with Crippen LogP contribution in [0.15, 0.2) is 12.1 Å². The summed E-state index contributed by atoms with van der Waals surface area (Å²) in [5.41, 5.74) is -0.429. The molecule has 1 heterocycles. The number of rotatable bonds is 7. The number of quaternary nitrogens is 2. The number of likely N-dealkylation sites (tertiary alicyclic amines) is 1. The van der Waals surface area contributed by atoms with Crippen molar-refractivity contribution >= 4 is 17.5 Å². The summed E-state index contributed by atoms with van der Waals surface area (Å²) in [6.45, 7) is 5.28. The lowest BCUT2D eigenvalue weighted by Crippen LogP contribution is -3.13. The highest BCUT2D eigenvalue weighted by Crippen LogP contribution is 2.19. The fraction of sp³-hybridized carbons (Fsp3) is 0.556. The van der Waals surface area contributed by atoms with Gasteiger partial charge in [-0.25, -0.2) is 13.2 Å². The molecule has 4 N–H and O–H groups in total. The number of nitrogens with one attached hydrogen (secondary N) is 4. The highest BCUT2D eigenvalue weighted by atomic mass is 19.2. The smallest absolute Gasteiger partial charge is 0.279 e. The van der Waals surface area contributed by atoms with Gasteiger partial charge in [-0.05, 0) is 19.1 Å². The number of hydrogen-bond donors (Lipinski definition) is 4. The molecule has 1 aromatic rings. The van der Waals surface area contributed by atoms with Gasteiger partial charge in [-0.15, -0.1) is 0 Å². The van der Waals surface area contributed by atoms with Crippen molar-refractivity contribution in [1.29, 1.82) is 0 Å². The van der Waals surface area contributed by atoms with Crippen molar-refractivity contribution in [3.05, 3.63) is 29.6 Å². The number of likely N-dealkylation sites (N-methyl/N-ethyl adjacent to an activating group) is 1. The number of halogens is 3. The highest BCUT2D eigenvalue weighted by molar-refractivity contribution is 5.91. The second kappa shape index (κ2) is 9.70. The highest BCUT2D eigenvalue weighted by Gasteiger charge is 2.24. The Balaban J connectivity index is 1.76. The van der Waals surface area contributed by atoms with Crippen molar-refractivity contribution in [2.75, 3.05) is 45.1 Å². The zero-order chi connectivity index (χ0) is 20.0. The van der Waals surface area contributed by atoms with E-state index in [-0.39, 0.29) is 25.0 Å². The molecule has 2 rings (SSSR count). The maximum absolute atomic E-state index is 13.6. The third-order valence-electron chi connectivity index (χ3n) is 4.79. The molecule has 6 nitrogen and oxygen atoms in total. The molecule has 1 atom stereocenters. The van der Waals surface area contributed by atoms with E-state index in [1.165, 1.54) is 4.90 Å². The van der Waals surface area contributed by atoms with E-state index < -0.39 is 29.0 Å². The number of hydrogen-bond acceptors (Lipinski definition) is 2. The van der Waals surface area contributed by atoms with Crippen LogP contribution in [0.3, 0.4) is 0 Å². The summed E-state index contributed by atoms with van der Waals surface area (Å²) in [6, 6.07) is 1.85. The van der Waals surface area contributed by atoms with Crippen molar-refractivity contribution in [2.45, 2.75) is 25.8 Å². The summed E-state index contributed by atoms with van der Waals surface area (Å²) >= 11 is 0. The Kier molecular flexibility index (Phi) is 7.61. The lowest BCUT2D eigenvalue weighted by Gasteiger charge is -2.29. The largest absolute Gasteiger partial charge is 0.348 e. The fourth-order valence-corrected chi connectivity index (χ4v) is 3.23. The molecule has 27 heavy (non-hydrogen) atoms. The summed E-state index contributed by atoms with van der Waals surface area (Å²) in [7, 11) is 1.66. The Morgan fingerprint density at radius 2 is 1.74 bits per heavy atom. The summed E-state index contributed by atoms with van der Waals surface area (Å²) in [5.74, 6) is -5.14. The number of anilines is 1. The number of piperidine rings is 1. The molecule has 1 aliphatic rings. The SMILES string of the molecule is CC[NH+]1CCC(NC(=O)C[NH+](C)CC(=O)Nc2ccc(F)c(F)c2F)CC1. The van der Waals surface area contributed by atoms with E-state index in [9.17, 15) is 22.8 Å². The van der Waals surface area contributed by atoms with Crippen molar-refractivity contribution in [2.24, 2.45) is 0 Å². The lowest BCUT2D eigenvalue weighted by atomic mass is 10.1. The minimum Gasteiger partial charge on any atom is -0.348 e. The number of amides is 2. The van der Waals surface area contributed by atoms with E-state index in [0.29, 0.717) is 4.90 Å². The van der Waals surface area contributed by atoms with Crippen molar-refractivity contribution in [3.8, 4) is 0 Å². The van der Waals surface area contributed by atoms with E-state index in [1.807, 2.05) is 0 Å². The Labute approximate surface area is 156 Å². The summed E-state index contributed by atoms with van der Waals surface area (Å²) in [6.07, 6.45) is 1.87. The molecule has 1 saturated heterocycles. The molecule has 0 aromatic heterocycles. The van der Waals surface area contributed by atoms with Crippen LogP contribution in [0.4, 0.5) is 18.9 Å². The zero-order valence-corrected chi connectivity index (χ0v) is 15.6. The first-order chi connectivity index (χ1) is 12.8. The van der Waals surface area contributed by atoms with Gasteiger partial charge in [-0.1, -0.05) is 0 Å². The summed E-state index contributed by atoms with van der Waals surface area (Å²) < 4.78 is 39.7. The molecule has 2 amide bonds. The fourth-order valence-electron chi connectivity index (χ4n) is 3.23. The van der Waals surface area contributed by atoms with E-state index in [4.69, 9.17) is 0 Å². The molecule has 0 radical (unpaired) electrons. The predicted octanol–water partition coefficient (Wildman–Crippen LogP) is -1.26. The second-order valence-electron chi connectivity index (χ2n) is 7.03. The Bertz CT molecular complexity index is 679. The third kappa shape index (κ3) is 6.21. The average molecular weight is 388 g/mol. The monoisotopic (exact) mass is 388 g/mol. The van der Waals surface area contributed by atoms with Gasteiger partial charge in [0.25, 0.3) is 11.8 Å². The van der Waals surface area contributed by atoms with E-state index in [1.54, 1.807) is 7.05 Å². The minimum atomic E-state index is -1.64. The summed E-state index contributed by atoms with van der Waals surface area (Å²) in [5, 5.41) is 5.18. The van der Waals surface area contributed by atoms with Crippen molar-refractivity contribution < 1.29 is 32.6 Å². The molecule has 9 heteroatoms. The summed E-state index contributed by atoms with van der Waals surface area (Å²) in [4.78, 5) is 26.2. The van der Waals surface area contributed by atoms with Crippen LogP contribution in [-0.4, -0.2) is 57.6 Å². The topological polar surface area (TPSA) is 67.1 Å². The zero-order valence-electron chi connectivity index (χ0n) is 15.6. The van der Waals surface area contributed by atoms with Crippen molar-refractivity contribution in [1.82, 2.24) is 5.32 Å². The van der Waals surface area contributed by atoms with Gasteiger partial charge in [0.05, 0.1) is 32.4 Å². The molecule has 0 spiro atoms. The lowest BCUT2D eigenvalue weighted by molar-refractivity contribution is -0.903. The number of carbonyl (C=O) groups is 2. The van der Waals surface area contributed by atoms with Gasteiger partial charge in [0.15, 0.2) is 30.5 Å². The Morgan fingerprint density at radius 3 is 2.37 bits per heavy atom. The third-order valence-corrected chi connectivity index (χ3v) is 4.79. The van der Waals surface area contributed by atoms with Gasteiger partial charge in [0.1, 0.15) is 0 Å². The number of carbonyl (C=O) groups excluding carboxylic acids is 2. The predicted molar refractivity (Wildman–Crippen MR) is 94.0 cm³/mol.